The normalized spacial score (nSPS) is 29.8. The van der Waals surface area contributed by atoms with Crippen molar-refractivity contribution in [1.82, 2.24) is 0 Å². The van der Waals surface area contributed by atoms with Crippen LogP contribution in [0.4, 0.5) is 0 Å². The summed E-state index contributed by atoms with van der Waals surface area (Å²) in [4.78, 5) is 1.09. The number of aliphatic hydroxyl groups is 1. The lowest BCUT2D eigenvalue weighted by Gasteiger charge is -2.53. The highest BCUT2D eigenvalue weighted by molar-refractivity contribution is 7.10. The van der Waals surface area contributed by atoms with E-state index in [9.17, 15) is 5.11 Å². The first-order valence-corrected chi connectivity index (χ1v) is 13.5. The van der Waals surface area contributed by atoms with Crippen molar-refractivity contribution in [3.8, 4) is 5.75 Å². The van der Waals surface area contributed by atoms with Gasteiger partial charge in [0.1, 0.15) is 24.0 Å². The number of hydrogen-bond donors (Lipinski definition) is 1. The lowest BCUT2D eigenvalue weighted by molar-refractivity contribution is -0.946. The standard InChI is InChI=1S/C27H38NO3S/c29-27(23-8-4-5-9-23,26-12-6-19-32-26)21-31-25-20-28(16-13-22(25)14-17-28)15-7-18-30-24-10-2-1-3-11-24/h1-3,6,10-12,19,22-23,25,29H,4-5,7-9,13-18,20-21H2/q+1. The van der Waals surface area contributed by atoms with Gasteiger partial charge in [-0.1, -0.05) is 37.1 Å². The van der Waals surface area contributed by atoms with E-state index in [-0.39, 0.29) is 6.10 Å². The van der Waals surface area contributed by atoms with Crippen LogP contribution in [0.5, 0.6) is 5.75 Å². The molecule has 5 heteroatoms. The Morgan fingerprint density at radius 3 is 2.50 bits per heavy atom. The zero-order valence-electron chi connectivity index (χ0n) is 19.2. The van der Waals surface area contributed by atoms with E-state index in [4.69, 9.17) is 9.47 Å². The molecule has 3 aliphatic heterocycles. The summed E-state index contributed by atoms with van der Waals surface area (Å²) in [7, 11) is 0. The van der Waals surface area contributed by atoms with Crippen molar-refractivity contribution in [3.63, 3.8) is 0 Å². The third-order valence-electron chi connectivity index (χ3n) is 8.33. The van der Waals surface area contributed by atoms with Crippen molar-refractivity contribution in [2.24, 2.45) is 11.8 Å². The van der Waals surface area contributed by atoms with Gasteiger partial charge < -0.3 is 19.1 Å². The summed E-state index contributed by atoms with van der Waals surface area (Å²) in [5.41, 5.74) is -0.814. The molecule has 2 atom stereocenters. The van der Waals surface area contributed by atoms with Crippen molar-refractivity contribution in [2.45, 2.75) is 56.7 Å². The van der Waals surface area contributed by atoms with Gasteiger partial charge in [-0.15, -0.1) is 11.3 Å². The summed E-state index contributed by atoms with van der Waals surface area (Å²) in [6.45, 7) is 6.04. The molecule has 6 rings (SSSR count). The van der Waals surface area contributed by atoms with Crippen molar-refractivity contribution < 1.29 is 19.1 Å². The second kappa shape index (κ2) is 9.84. The molecular formula is C27H38NO3S+. The Kier molecular flexibility index (Phi) is 6.89. The highest BCUT2D eigenvalue weighted by Crippen LogP contribution is 2.44. The Bertz CT molecular complexity index is 828. The molecule has 1 aromatic heterocycles. The third kappa shape index (κ3) is 4.77. The van der Waals surface area contributed by atoms with Crippen LogP contribution in [0.1, 0.15) is 49.8 Å². The highest BCUT2D eigenvalue weighted by Gasteiger charge is 2.48. The smallest absolute Gasteiger partial charge is 0.125 e. The number of ether oxygens (including phenoxy) is 2. The third-order valence-corrected chi connectivity index (χ3v) is 9.36. The number of benzene rings is 1. The van der Waals surface area contributed by atoms with E-state index in [1.165, 1.54) is 43.3 Å². The quantitative estimate of drug-likeness (QED) is 0.393. The SMILES string of the molecule is OC(COC1C[N+]2(CCCOc3ccccc3)CCC1CC2)(c1cccs1)C1CCCC1. The van der Waals surface area contributed by atoms with E-state index in [1.54, 1.807) is 11.3 Å². The lowest BCUT2D eigenvalue weighted by atomic mass is 9.82. The molecule has 4 nitrogen and oxygen atoms in total. The van der Waals surface area contributed by atoms with Crippen LogP contribution >= 0.6 is 11.3 Å². The molecule has 3 saturated heterocycles. The lowest BCUT2D eigenvalue weighted by Crippen LogP contribution is -2.64. The zero-order valence-corrected chi connectivity index (χ0v) is 20.0. The monoisotopic (exact) mass is 456 g/mol. The maximum absolute atomic E-state index is 11.8. The van der Waals surface area contributed by atoms with Crippen LogP contribution in [0.25, 0.3) is 0 Å². The Labute approximate surface area is 196 Å². The van der Waals surface area contributed by atoms with Crippen LogP contribution in [0, 0.1) is 11.8 Å². The van der Waals surface area contributed by atoms with Gasteiger partial charge in [0.15, 0.2) is 0 Å². The fourth-order valence-electron chi connectivity index (χ4n) is 6.38. The summed E-state index contributed by atoms with van der Waals surface area (Å²) >= 11 is 1.68. The van der Waals surface area contributed by atoms with Gasteiger partial charge in [0.25, 0.3) is 0 Å². The predicted molar refractivity (Wildman–Crippen MR) is 129 cm³/mol. The summed E-state index contributed by atoms with van der Waals surface area (Å²) in [6, 6.07) is 14.3. The Hall–Kier alpha value is -1.40. The summed E-state index contributed by atoms with van der Waals surface area (Å²) in [5.74, 6) is 1.96. The van der Waals surface area contributed by atoms with Gasteiger partial charge >= 0.3 is 0 Å². The molecule has 0 radical (unpaired) electrons. The van der Waals surface area contributed by atoms with E-state index >= 15 is 0 Å². The van der Waals surface area contributed by atoms with Crippen LogP contribution in [-0.4, -0.2) is 55.1 Å². The zero-order chi connectivity index (χ0) is 21.9. The number of para-hydroxylation sites is 1. The molecule has 32 heavy (non-hydrogen) atoms. The minimum atomic E-state index is -0.814. The molecule has 2 bridgehead atoms. The van der Waals surface area contributed by atoms with Gasteiger partial charge in [0.05, 0.1) is 32.8 Å². The molecule has 0 spiro atoms. The average molecular weight is 457 g/mol. The molecule has 2 aromatic rings. The van der Waals surface area contributed by atoms with Gasteiger partial charge in [-0.2, -0.15) is 0 Å². The Morgan fingerprint density at radius 1 is 1.00 bits per heavy atom. The van der Waals surface area contributed by atoms with Gasteiger partial charge in [0, 0.05) is 30.1 Å². The molecule has 4 fully saturated rings. The van der Waals surface area contributed by atoms with Crippen molar-refractivity contribution >= 4 is 11.3 Å². The summed E-state index contributed by atoms with van der Waals surface area (Å²) < 4.78 is 13.7. The van der Waals surface area contributed by atoms with Crippen molar-refractivity contribution in [3.05, 3.63) is 52.7 Å². The number of rotatable bonds is 10. The molecule has 174 valence electrons. The van der Waals surface area contributed by atoms with Crippen LogP contribution < -0.4 is 4.74 Å². The first-order valence-electron chi connectivity index (χ1n) is 12.6. The number of hydrogen-bond acceptors (Lipinski definition) is 4. The predicted octanol–water partition coefficient (Wildman–Crippen LogP) is 5.22. The minimum Gasteiger partial charge on any atom is -0.493 e. The molecule has 1 aliphatic carbocycles. The molecule has 0 amide bonds. The number of piperidine rings is 3. The summed E-state index contributed by atoms with van der Waals surface area (Å²) in [6.07, 6.45) is 8.56. The molecule has 1 saturated carbocycles. The molecule has 4 heterocycles. The number of nitrogens with zero attached hydrogens (tertiary/aromatic N) is 1. The maximum Gasteiger partial charge on any atom is 0.125 e. The van der Waals surface area contributed by atoms with Gasteiger partial charge in [0.2, 0.25) is 0 Å². The minimum absolute atomic E-state index is 0.278. The topological polar surface area (TPSA) is 38.7 Å². The fraction of sp³-hybridized carbons (Fsp3) is 0.630. The van der Waals surface area contributed by atoms with E-state index < -0.39 is 5.60 Å². The first kappa shape index (κ1) is 22.4. The molecule has 1 aromatic carbocycles. The second-order valence-electron chi connectivity index (χ2n) is 10.3. The maximum atomic E-state index is 11.8. The number of thiophene rings is 1. The van der Waals surface area contributed by atoms with E-state index in [0.29, 0.717) is 18.4 Å². The second-order valence-corrected chi connectivity index (χ2v) is 11.2. The van der Waals surface area contributed by atoms with Gasteiger partial charge in [-0.05, 0) is 42.3 Å². The van der Waals surface area contributed by atoms with Crippen LogP contribution in [0.15, 0.2) is 47.8 Å². The Balaban J connectivity index is 1.17. The highest BCUT2D eigenvalue weighted by atomic mass is 32.1. The van der Waals surface area contributed by atoms with Gasteiger partial charge in [-0.3, -0.25) is 0 Å². The average Bonchev–Trinajstić information content (AvgIpc) is 3.57. The first-order chi connectivity index (χ1) is 15.7. The fourth-order valence-corrected chi connectivity index (χ4v) is 7.27. The number of fused-ring (bicyclic) bond motifs is 3. The largest absolute Gasteiger partial charge is 0.493 e. The van der Waals surface area contributed by atoms with Crippen molar-refractivity contribution in [2.75, 3.05) is 39.4 Å². The van der Waals surface area contributed by atoms with E-state index in [0.717, 1.165) is 49.6 Å². The van der Waals surface area contributed by atoms with E-state index in [1.807, 2.05) is 30.3 Å². The Morgan fingerprint density at radius 2 is 1.78 bits per heavy atom. The number of quaternary nitrogens is 1. The van der Waals surface area contributed by atoms with E-state index in [2.05, 4.69) is 17.5 Å². The molecular weight excluding hydrogens is 418 g/mol. The van der Waals surface area contributed by atoms with Crippen LogP contribution in [-0.2, 0) is 10.3 Å². The van der Waals surface area contributed by atoms with Crippen LogP contribution in [0.3, 0.4) is 0 Å². The summed E-state index contributed by atoms with van der Waals surface area (Å²) in [5, 5.41) is 13.9. The molecule has 2 unspecified atom stereocenters. The molecule has 4 aliphatic rings. The molecule has 1 N–H and O–H groups in total. The van der Waals surface area contributed by atoms with Crippen LogP contribution in [0.2, 0.25) is 0 Å². The van der Waals surface area contributed by atoms with Crippen molar-refractivity contribution in [1.29, 1.82) is 0 Å². The van der Waals surface area contributed by atoms with Gasteiger partial charge in [-0.25, -0.2) is 0 Å².